The van der Waals surface area contributed by atoms with Crippen molar-refractivity contribution in [2.24, 2.45) is 0 Å². The first-order valence-corrected chi connectivity index (χ1v) is 11.1. The van der Waals surface area contributed by atoms with E-state index in [-0.39, 0.29) is 24.0 Å². The zero-order valence-electron chi connectivity index (χ0n) is 18.7. The van der Waals surface area contributed by atoms with Crippen molar-refractivity contribution in [1.29, 1.82) is 0 Å². The van der Waals surface area contributed by atoms with Gasteiger partial charge in [0, 0.05) is 35.4 Å². The van der Waals surface area contributed by atoms with Crippen molar-refractivity contribution in [3.63, 3.8) is 0 Å². The van der Waals surface area contributed by atoms with E-state index >= 15 is 0 Å². The Bertz CT molecular complexity index is 1420. The Morgan fingerprint density at radius 2 is 1.83 bits per heavy atom. The average molecular weight is 492 g/mol. The predicted octanol–water partition coefficient (Wildman–Crippen LogP) is 5.14. The van der Waals surface area contributed by atoms with Crippen LogP contribution in [0.4, 0.5) is 24.5 Å². The molecule has 2 aromatic heterocycles. The Balaban J connectivity index is 1.25. The monoisotopic (exact) mass is 492 g/mol. The zero-order chi connectivity index (χ0) is 25.3. The molecule has 0 bridgehead atoms. The van der Waals surface area contributed by atoms with Gasteiger partial charge in [0.15, 0.2) is 5.76 Å². The molecular formula is C26H19F3N4O3. The fourth-order valence-electron chi connectivity index (χ4n) is 4.01. The first-order chi connectivity index (χ1) is 17.3. The van der Waals surface area contributed by atoms with Crippen LogP contribution >= 0.6 is 0 Å². The Morgan fingerprint density at radius 1 is 1.03 bits per heavy atom. The molecule has 0 radical (unpaired) electrons. The van der Waals surface area contributed by atoms with E-state index in [1.807, 2.05) is 6.07 Å². The highest BCUT2D eigenvalue weighted by molar-refractivity contribution is 6.02. The number of anilines is 2. The van der Waals surface area contributed by atoms with Crippen molar-refractivity contribution in [3.05, 3.63) is 95.8 Å². The second-order valence-electron chi connectivity index (χ2n) is 8.20. The van der Waals surface area contributed by atoms with Gasteiger partial charge in [-0.3, -0.25) is 14.6 Å². The number of carbonyl (C=O) groups excluding carboxylic acids is 2. The molecule has 182 valence electrons. The summed E-state index contributed by atoms with van der Waals surface area (Å²) in [6, 6.07) is 15.1. The number of amides is 2. The summed E-state index contributed by atoms with van der Waals surface area (Å²) >= 11 is 0. The second kappa shape index (κ2) is 9.29. The lowest BCUT2D eigenvalue weighted by Gasteiger charge is -2.17. The topological polar surface area (TPSA) is 88.3 Å². The van der Waals surface area contributed by atoms with Gasteiger partial charge in [-0.25, -0.2) is 4.98 Å². The van der Waals surface area contributed by atoms with Crippen LogP contribution in [0.15, 0.2) is 77.5 Å². The van der Waals surface area contributed by atoms with Gasteiger partial charge >= 0.3 is 12.1 Å². The molecule has 36 heavy (non-hydrogen) atoms. The molecule has 0 spiro atoms. The molecule has 7 nitrogen and oxygen atoms in total. The zero-order valence-corrected chi connectivity index (χ0v) is 18.7. The number of nitrogens with one attached hydrogen (secondary N) is 1. The summed E-state index contributed by atoms with van der Waals surface area (Å²) in [7, 11) is 0. The lowest BCUT2D eigenvalue weighted by Crippen LogP contribution is -2.30. The fraction of sp³-hybridized carbons (Fsp3) is 0.154. The molecule has 1 N–H and O–H groups in total. The highest BCUT2D eigenvalue weighted by Crippen LogP contribution is 2.32. The Hall–Kier alpha value is -4.47. The molecule has 3 heterocycles. The molecule has 0 fully saturated rings. The van der Waals surface area contributed by atoms with E-state index in [1.54, 1.807) is 41.4 Å². The van der Waals surface area contributed by atoms with E-state index in [0.717, 1.165) is 23.4 Å². The molecule has 0 saturated heterocycles. The van der Waals surface area contributed by atoms with Crippen molar-refractivity contribution in [1.82, 2.24) is 9.97 Å². The maximum atomic E-state index is 12.8. The van der Waals surface area contributed by atoms with Gasteiger partial charge in [0.05, 0.1) is 18.2 Å². The number of carbonyl (C=O) groups is 2. The van der Waals surface area contributed by atoms with E-state index in [0.29, 0.717) is 29.9 Å². The molecule has 0 atom stereocenters. The molecule has 0 aliphatic carbocycles. The van der Waals surface area contributed by atoms with Gasteiger partial charge in [-0.15, -0.1) is 0 Å². The van der Waals surface area contributed by atoms with E-state index in [2.05, 4.69) is 15.3 Å². The van der Waals surface area contributed by atoms with Gasteiger partial charge in [-0.2, -0.15) is 13.2 Å². The number of hydrogen-bond donors (Lipinski definition) is 1. The number of hydrogen-bond acceptors (Lipinski definition) is 5. The first-order valence-electron chi connectivity index (χ1n) is 11.1. The fourth-order valence-corrected chi connectivity index (χ4v) is 4.01. The molecule has 0 unspecified atom stereocenters. The first kappa shape index (κ1) is 23.3. The quantitative estimate of drug-likeness (QED) is 0.417. The summed E-state index contributed by atoms with van der Waals surface area (Å²) in [6.45, 7) is 0.536. The number of nitrogens with zero attached hydrogens (tertiary/aromatic N) is 3. The number of aromatic nitrogens is 2. The SMILES string of the molecule is O=C(Nc1ccc2c(c1)CCN2C(=O)Cc1ccccn1)c1ncc(-c2ccc(C(F)(F)F)cc2)o1. The summed E-state index contributed by atoms with van der Waals surface area (Å²) in [5.41, 5.74) is 2.49. The highest BCUT2D eigenvalue weighted by Gasteiger charge is 2.30. The normalized spacial score (nSPS) is 12.9. The second-order valence-corrected chi connectivity index (χ2v) is 8.20. The molecule has 0 saturated carbocycles. The number of benzene rings is 2. The van der Waals surface area contributed by atoms with Crippen LogP contribution in [-0.4, -0.2) is 28.3 Å². The molecule has 1 aliphatic rings. The lowest BCUT2D eigenvalue weighted by molar-refractivity contribution is -0.137. The third-order valence-electron chi connectivity index (χ3n) is 5.79. The average Bonchev–Trinajstić information content (AvgIpc) is 3.52. The summed E-state index contributed by atoms with van der Waals surface area (Å²) in [4.78, 5) is 35.2. The van der Waals surface area contributed by atoms with Gasteiger partial charge in [-0.05, 0) is 54.4 Å². The number of fused-ring (bicyclic) bond motifs is 1. The van der Waals surface area contributed by atoms with Crippen molar-refractivity contribution in [3.8, 4) is 11.3 Å². The Kier molecular flexibility index (Phi) is 6.01. The number of halogens is 3. The minimum atomic E-state index is -4.44. The number of pyridine rings is 1. The maximum absolute atomic E-state index is 12.8. The molecule has 2 aromatic carbocycles. The molecule has 5 rings (SSSR count). The van der Waals surface area contributed by atoms with Crippen LogP contribution in [0.2, 0.25) is 0 Å². The van der Waals surface area contributed by atoms with E-state index < -0.39 is 17.6 Å². The van der Waals surface area contributed by atoms with Crippen LogP contribution in [-0.2, 0) is 23.8 Å². The number of oxazole rings is 1. The number of rotatable bonds is 5. The summed E-state index contributed by atoms with van der Waals surface area (Å²) in [5.74, 6) is -0.712. The van der Waals surface area contributed by atoms with Crippen molar-refractivity contribution in [2.45, 2.75) is 19.0 Å². The molecular weight excluding hydrogens is 473 g/mol. The predicted molar refractivity (Wildman–Crippen MR) is 125 cm³/mol. The van der Waals surface area contributed by atoms with Crippen LogP contribution in [0.3, 0.4) is 0 Å². The van der Waals surface area contributed by atoms with Crippen molar-refractivity contribution < 1.29 is 27.2 Å². The van der Waals surface area contributed by atoms with Gasteiger partial charge < -0.3 is 14.6 Å². The van der Waals surface area contributed by atoms with Crippen LogP contribution in [0, 0.1) is 0 Å². The molecule has 2 amide bonds. The smallest absolute Gasteiger partial charge is 0.416 e. The van der Waals surface area contributed by atoms with Crippen LogP contribution in [0.25, 0.3) is 11.3 Å². The highest BCUT2D eigenvalue weighted by atomic mass is 19.4. The third-order valence-corrected chi connectivity index (χ3v) is 5.79. The molecule has 1 aliphatic heterocycles. The maximum Gasteiger partial charge on any atom is 0.416 e. The standard InChI is InChI=1S/C26H19F3N4O3/c27-26(28,29)18-6-4-16(5-7-18)22-15-31-25(36-22)24(35)32-20-8-9-21-17(13-20)10-12-33(21)23(34)14-19-3-1-2-11-30-19/h1-9,11,13,15H,10,12,14H2,(H,32,35). The molecule has 4 aromatic rings. The summed E-state index contributed by atoms with van der Waals surface area (Å²) in [6.07, 6.45) is -0.667. The molecule has 10 heteroatoms. The van der Waals surface area contributed by atoms with Gasteiger partial charge in [0.25, 0.3) is 5.89 Å². The minimum absolute atomic E-state index is 0.0557. The third kappa shape index (κ3) is 4.83. The lowest BCUT2D eigenvalue weighted by atomic mass is 10.1. The van der Waals surface area contributed by atoms with Crippen molar-refractivity contribution >= 4 is 23.2 Å². The van der Waals surface area contributed by atoms with E-state index in [1.165, 1.54) is 18.3 Å². The minimum Gasteiger partial charge on any atom is -0.432 e. The van der Waals surface area contributed by atoms with Gasteiger partial charge in [0.1, 0.15) is 0 Å². The van der Waals surface area contributed by atoms with Crippen LogP contribution in [0.5, 0.6) is 0 Å². The summed E-state index contributed by atoms with van der Waals surface area (Å²) < 4.78 is 43.7. The largest absolute Gasteiger partial charge is 0.432 e. The Labute approximate surface area is 203 Å². The van der Waals surface area contributed by atoms with Gasteiger partial charge in [0.2, 0.25) is 5.91 Å². The van der Waals surface area contributed by atoms with Crippen LogP contribution < -0.4 is 10.2 Å². The number of alkyl halides is 3. The summed E-state index contributed by atoms with van der Waals surface area (Å²) in [5, 5.41) is 2.71. The van der Waals surface area contributed by atoms with Gasteiger partial charge in [-0.1, -0.05) is 18.2 Å². The van der Waals surface area contributed by atoms with Crippen molar-refractivity contribution in [2.75, 3.05) is 16.8 Å². The Morgan fingerprint density at radius 3 is 2.56 bits per heavy atom. The van der Waals surface area contributed by atoms with E-state index in [9.17, 15) is 22.8 Å². The van der Waals surface area contributed by atoms with E-state index in [4.69, 9.17) is 4.42 Å². The van der Waals surface area contributed by atoms with Crippen LogP contribution in [0.1, 0.15) is 27.5 Å².